The van der Waals surface area contributed by atoms with Gasteiger partial charge in [-0.25, -0.2) is 4.79 Å². The van der Waals surface area contributed by atoms with Crippen LogP contribution < -0.4 is 5.32 Å². The summed E-state index contributed by atoms with van der Waals surface area (Å²) < 4.78 is 15.5. The molecule has 0 aliphatic heterocycles. The molecule has 1 aromatic rings. The van der Waals surface area contributed by atoms with E-state index in [9.17, 15) is 4.79 Å². The molecule has 1 aromatic carbocycles. The van der Waals surface area contributed by atoms with Gasteiger partial charge in [0.05, 0.1) is 19.8 Å². The minimum Gasteiger partial charge on any atom is -0.383 e. The zero-order chi connectivity index (χ0) is 16.2. The fraction of sp³-hybridized carbons (Fsp3) is 0.562. The number of nitrogens with one attached hydrogen (secondary N) is 1. The number of benzene rings is 1. The lowest BCUT2D eigenvalue weighted by molar-refractivity contribution is 0.127. The summed E-state index contributed by atoms with van der Waals surface area (Å²) in [4.78, 5) is 14.1. The molecule has 0 atom stereocenters. The average molecular weight is 310 g/mol. The summed E-state index contributed by atoms with van der Waals surface area (Å²) in [7, 11) is 3.23. The minimum absolute atomic E-state index is 0.168. The Labute approximate surface area is 132 Å². The Kier molecular flexibility index (Phi) is 9.21. The van der Waals surface area contributed by atoms with Crippen LogP contribution in [0.25, 0.3) is 0 Å². The van der Waals surface area contributed by atoms with Crippen LogP contribution in [0.15, 0.2) is 24.3 Å². The standard InChI is InChI=1S/C16H26N2O4/c1-4-22-13-14-7-5-6-8-15(14)17-16(19)18(9-11-20-2)10-12-21-3/h5-8H,4,9-13H2,1-3H3,(H,17,19). The van der Waals surface area contributed by atoms with Gasteiger partial charge < -0.3 is 24.4 Å². The van der Waals surface area contributed by atoms with Crippen LogP contribution in [0, 0.1) is 0 Å². The smallest absolute Gasteiger partial charge is 0.322 e. The molecule has 6 heteroatoms. The van der Waals surface area contributed by atoms with Gasteiger partial charge in [-0.3, -0.25) is 0 Å². The van der Waals surface area contributed by atoms with Crippen molar-refractivity contribution in [3.63, 3.8) is 0 Å². The van der Waals surface area contributed by atoms with E-state index in [2.05, 4.69) is 5.32 Å². The van der Waals surface area contributed by atoms with Crippen LogP contribution in [-0.2, 0) is 20.8 Å². The van der Waals surface area contributed by atoms with Gasteiger partial charge in [0.15, 0.2) is 0 Å². The van der Waals surface area contributed by atoms with Crippen molar-refractivity contribution < 1.29 is 19.0 Å². The van der Waals surface area contributed by atoms with E-state index in [1.54, 1.807) is 19.1 Å². The van der Waals surface area contributed by atoms with Crippen LogP contribution in [0.4, 0.5) is 10.5 Å². The van der Waals surface area contributed by atoms with E-state index in [4.69, 9.17) is 14.2 Å². The maximum absolute atomic E-state index is 12.4. The molecule has 0 saturated heterocycles. The van der Waals surface area contributed by atoms with Gasteiger partial charge in [0.1, 0.15) is 0 Å². The Bertz CT molecular complexity index is 432. The first-order chi connectivity index (χ1) is 10.7. The Morgan fingerprint density at radius 1 is 1.14 bits per heavy atom. The number of rotatable bonds is 10. The Morgan fingerprint density at radius 3 is 2.36 bits per heavy atom. The molecule has 0 fully saturated rings. The lowest BCUT2D eigenvalue weighted by Crippen LogP contribution is -2.39. The molecule has 6 nitrogen and oxygen atoms in total. The number of anilines is 1. The maximum Gasteiger partial charge on any atom is 0.322 e. The predicted octanol–water partition coefficient (Wildman–Crippen LogP) is 2.35. The molecule has 124 valence electrons. The molecule has 0 unspecified atom stereocenters. The van der Waals surface area contributed by atoms with E-state index in [1.165, 1.54) is 0 Å². The van der Waals surface area contributed by atoms with Gasteiger partial charge in [0.2, 0.25) is 0 Å². The summed E-state index contributed by atoms with van der Waals surface area (Å²) in [6.45, 7) is 5.05. The third-order valence-electron chi connectivity index (χ3n) is 3.14. The van der Waals surface area contributed by atoms with E-state index >= 15 is 0 Å². The third-order valence-corrected chi connectivity index (χ3v) is 3.14. The molecule has 0 saturated carbocycles. The second kappa shape index (κ2) is 11.0. The molecule has 0 bridgehead atoms. The summed E-state index contributed by atoms with van der Waals surface area (Å²) in [6.07, 6.45) is 0. The second-order valence-corrected chi connectivity index (χ2v) is 4.70. The molecule has 0 spiro atoms. The van der Waals surface area contributed by atoms with Gasteiger partial charge in [-0.1, -0.05) is 18.2 Å². The van der Waals surface area contributed by atoms with Gasteiger partial charge >= 0.3 is 6.03 Å². The molecular formula is C16H26N2O4. The molecule has 1 N–H and O–H groups in total. The molecule has 22 heavy (non-hydrogen) atoms. The quantitative estimate of drug-likeness (QED) is 0.720. The number of carbonyl (C=O) groups excluding carboxylic acids is 1. The number of urea groups is 1. The Morgan fingerprint density at radius 2 is 1.77 bits per heavy atom. The van der Waals surface area contributed by atoms with Gasteiger partial charge in [-0.15, -0.1) is 0 Å². The van der Waals surface area contributed by atoms with Crippen LogP contribution in [0.1, 0.15) is 12.5 Å². The summed E-state index contributed by atoms with van der Waals surface area (Å²) in [5.74, 6) is 0. The molecule has 2 amide bonds. The third kappa shape index (κ3) is 6.43. The maximum atomic E-state index is 12.4. The molecule has 0 heterocycles. The van der Waals surface area contributed by atoms with Crippen LogP contribution in [0.5, 0.6) is 0 Å². The van der Waals surface area contributed by atoms with Crippen molar-refractivity contribution in [3.8, 4) is 0 Å². The Hall–Kier alpha value is -1.63. The van der Waals surface area contributed by atoms with E-state index in [0.717, 1.165) is 11.3 Å². The van der Waals surface area contributed by atoms with Gasteiger partial charge in [0.25, 0.3) is 0 Å². The normalized spacial score (nSPS) is 10.5. The van der Waals surface area contributed by atoms with Gasteiger partial charge in [0, 0.05) is 45.2 Å². The number of para-hydroxylation sites is 1. The van der Waals surface area contributed by atoms with Crippen molar-refractivity contribution in [3.05, 3.63) is 29.8 Å². The minimum atomic E-state index is -0.168. The lowest BCUT2D eigenvalue weighted by atomic mass is 10.2. The molecule has 0 radical (unpaired) electrons. The molecule has 0 aliphatic rings. The number of nitrogens with zero attached hydrogens (tertiary/aromatic N) is 1. The Balaban J connectivity index is 2.70. The van der Waals surface area contributed by atoms with E-state index in [-0.39, 0.29) is 6.03 Å². The van der Waals surface area contributed by atoms with E-state index in [0.29, 0.717) is 39.5 Å². The highest BCUT2D eigenvalue weighted by atomic mass is 16.5. The fourth-order valence-corrected chi connectivity index (χ4v) is 1.89. The van der Waals surface area contributed by atoms with Crippen LogP contribution in [0.3, 0.4) is 0 Å². The van der Waals surface area contributed by atoms with Crippen molar-refractivity contribution in [1.82, 2.24) is 4.90 Å². The highest BCUT2D eigenvalue weighted by Gasteiger charge is 2.14. The molecule has 0 aromatic heterocycles. The summed E-state index contributed by atoms with van der Waals surface area (Å²) in [5.41, 5.74) is 1.72. The lowest BCUT2D eigenvalue weighted by Gasteiger charge is -2.23. The van der Waals surface area contributed by atoms with Gasteiger partial charge in [-0.2, -0.15) is 0 Å². The number of ether oxygens (including phenoxy) is 3. The highest BCUT2D eigenvalue weighted by Crippen LogP contribution is 2.16. The average Bonchev–Trinajstić information content (AvgIpc) is 2.54. The van der Waals surface area contributed by atoms with Crippen LogP contribution >= 0.6 is 0 Å². The number of carbonyl (C=O) groups is 1. The first-order valence-electron chi connectivity index (χ1n) is 7.42. The van der Waals surface area contributed by atoms with Crippen molar-refractivity contribution in [2.24, 2.45) is 0 Å². The van der Waals surface area contributed by atoms with Gasteiger partial charge in [-0.05, 0) is 13.0 Å². The fourth-order valence-electron chi connectivity index (χ4n) is 1.89. The number of hydrogen-bond acceptors (Lipinski definition) is 4. The second-order valence-electron chi connectivity index (χ2n) is 4.70. The van der Waals surface area contributed by atoms with Crippen molar-refractivity contribution in [1.29, 1.82) is 0 Å². The largest absolute Gasteiger partial charge is 0.383 e. The monoisotopic (exact) mass is 310 g/mol. The van der Waals surface area contributed by atoms with E-state index in [1.807, 2.05) is 31.2 Å². The van der Waals surface area contributed by atoms with Crippen molar-refractivity contribution >= 4 is 11.7 Å². The summed E-state index contributed by atoms with van der Waals surface area (Å²) in [5, 5.41) is 2.93. The first-order valence-corrected chi connectivity index (χ1v) is 7.42. The highest BCUT2D eigenvalue weighted by molar-refractivity contribution is 5.90. The van der Waals surface area contributed by atoms with Crippen molar-refractivity contribution in [2.45, 2.75) is 13.5 Å². The number of amides is 2. The number of methoxy groups -OCH3 is 2. The molecule has 1 rings (SSSR count). The SMILES string of the molecule is CCOCc1ccccc1NC(=O)N(CCOC)CCOC. The predicted molar refractivity (Wildman–Crippen MR) is 86.1 cm³/mol. The van der Waals surface area contributed by atoms with E-state index < -0.39 is 0 Å². The summed E-state index contributed by atoms with van der Waals surface area (Å²) >= 11 is 0. The van der Waals surface area contributed by atoms with Crippen molar-refractivity contribution in [2.75, 3.05) is 52.4 Å². The molecular weight excluding hydrogens is 284 g/mol. The first kappa shape index (κ1) is 18.4. The van der Waals surface area contributed by atoms with Crippen LogP contribution in [-0.4, -0.2) is 58.1 Å². The number of hydrogen-bond donors (Lipinski definition) is 1. The topological polar surface area (TPSA) is 60.0 Å². The zero-order valence-electron chi connectivity index (χ0n) is 13.6. The summed E-state index contributed by atoms with van der Waals surface area (Å²) in [6, 6.07) is 7.46. The van der Waals surface area contributed by atoms with Crippen LogP contribution in [0.2, 0.25) is 0 Å². The zero-order valence-corrected chi connectivity index (χ0v) is 13.6. The molecule has 0 aliphatic carbocycles.